The van der Waals surface area contributed by atoms with Gasteiger partial charge in [-0.05, 0) is 66.6 Å². The molecule has 5 rings (SSSR count). The van der Waals surface area contributed by atoms with E-state index >= 15 is 0 Å². The molecule has 10 nitrogen and oxygen atoms in total. The van der Waals surface area contributed by atoms with E-state index in [0.29, 0.717) is 30.2 Å². The molecule has 208 valence electrons. The molecule has 2 heterocycles. The number of benzene rings is 3. The molecule has 41 heavy (non-hydrogen) atoms. The number of methoxy groups -OCH3 is 1. The van der Waals surface area contributed by atoms with Crippen molar-refractivity contribution in [3.05, 3.63) is 129 Å². The summed E-state index contributed by atoms with van der Waals surface area (Å²) < 4.78 is 12.7. The summed E-state index contributed by atoms with van der Waals surface area (Å²) in [5.41, 5.74) is 0.777. The van der Waals surface area contributed by atoms with Gasteiger partial charge in [0.15, 0.2) is 0 Å². The van der Waals surface area contributed by atoms with Gasteiger partial charge >= 0.3 is 5.69 Å². The number of hydrogen-bond acceptors (Lipinski definition) is 6. The minimum atomic E-state index is -0.703. The van der Waals surface area contributed by atoms with Gasteiger partial charge in [0.05, 0.1) is 30.8 Å². The minimum Gasteiger partial charge on any atom is -0.497 e. The Bertz CT molecular complexity index is 1790. The normalized spacial score (nSPS) is 10.9. The highest BCUT2D eigenvalue weighted by molar-refractivity contribution is 5.98. The fourth-order valence-electron chi connectivity index (χ4n) is 4.49. The lowest BCUT2D eigenvalue weighted by Gasteiger charge is -2.15. The van der Waals surface area contributed by atoms with Crippen LogP contribution in [0.3, 0.4) is 0 Å². The van der Waals surface area contributed by atoms with E-state index < -0.39 is 23.7 Å². The zero-order chi connectivity index (χ0) is 28.8. The molecule has 10 heteroatoms. The fraction of sp³-hybridized carbons (Fsp3) is 0.161. The largest absolute Gasteiger partial charge is 0.497 e. The second-order valence-electron chi connectivity index (χ2n) is 9.34. The highest BCUT2D eigenvalue weighted by Crippen LogP contribution is 2.16. The number of aromatic nitrogens is 2. The van der Waals surface area contributed by atoms with Gasteiger partial charge in [0, 0.05) is 17.8 Å². The number of anilines is 1. The molecule has 5 aromatic rings. The summed E-state index contributed by atoms with van der Waals surface area (Å²) in [4.78, 5) is 53.0. The Hall–Kier alpha value is -5.38. The number of carbonyl (C=O) groups excluding carboxylic acids is 2. The van der Waals surface area contributed by atoms with Gasteiger partial charge in [0.25, 0.3) is 11.5 Å². The molecule has 0 radical (unpaired) electrons. The number of amides is 2. The molecule has 0 fully saturated rings. The van der Waals surface area contributed by atoms with E-state index in [2.05, 4.69) is 10.6 Å². The number of fused-ring (bicyclic) bond motifs is 1. The Balaban J connectivity index is 1.47. The number of carbonyl (C=O) groups is 2. The molecular formula is C31H28N4O6. The van der Waals surface area contributed by atoms with Crippen molar-refractivity contribution in [2.45, 2.75) is 19.5 Å². The molecule has 3 aromatic carbocycles. The van der Waals surface area contributed by atoms with E-state index in [9.17, 15) is 19.2 Å². The lowest BCUT2D eigenvalue weighted by atomic mass is 10.1. The molecule has 0 aliphatic rings. The molecule has 0 atom stereocenters. The van der Waals surface area contributed by atoms with Gasteiger partial charge in [0.1, 0.15) is 18.1 Å². The highest BCUT2D eigenvalue weighted by Gasteiger charge is 2.18. The lowest BCUT2D eigenvalue weighted by molar-refractivity contribution is -0.116. The van der Waals surface area contributed by atoms with E-state index in [0.717, 1.165) is 10.1 Å². The van der Waals surface area contributed by atoms with Gasteiger partial charge in [-0.1, -0.05) is 30.3 Å². The zero-order valence-electron chi connectivity index (χ0n) is 22.3. The highest BCUT2D eigenvalue weighted by atomic mass is 16.5. The Kier molecular flexibility index (Phi) is 8.10. The zero-order valence-corrected chi connectivity index (χ0v) is 22.3. The first kappa shape index (κ1) is 27.2. The number of ether oxygens (including phenoxy) is 1. The average Bonchev–Trinajstić information content (AvgIpc) is 3.51. The Morgan fingerprint density at radius 3 is 2.39 bits per heavy atom. The van der Waals surface area contributed by atoms with Gasteiger partial charge in [0.2, 0.25) is 5.91 Å². The van der Waals surface area contributed by atoms with Crippen LogP contribution >= 0.6 is 0 Å². The summed E-state index contributed by atoms with van der Waals surface area (Å²) in [5.74, 6) is 0.195. The van der Waals surface area contributed by atoms with Crippen LogP contribution in [-0.4, -0.2) is 34.6 Å². The van der Waals surface area contributed by atoms with Gasteiger partial charge in [-0.25, -0.2) is 4.79 Å². The predicted octanol–water partition coefficient (Wildman–Crippen LogP) is 3.42. The molecule has 0 aliphatic heterocycles. The van der Waals surface area contributed by atoms with Gasteiger partial charge in [-0.15, -0.1) is 0 Å². The number of hydrogen-bond donors (Lipinski definition) is 2. The molecule has 0 saturated carbocycles. The third-order valence-electron chi connectivity index (χ3n) is 6.60. The van der Waals surface area contributed by atoms with Crippen molar-refractivity contribution in [3.8, 4) is 5.75 Å². The standard InChI is InChI=1S/C31H28N4O6/c1-40-24-12-10-23(11-13-24)33-28(36)20-34-27-18-22(29(37)32-16-15-21-6-3-2-4-7-21)9-14-26(27)30(38)35(31(34)39)19-25-8-5-17-41-25/h2-14,17-18H,15-16,19-20H2,1H3,(H,32,37)(H,33,36). The van der Waals surface area contributed by atoms with Crippen molar-refractivity contribution < 1.29 is 18.7 Å². The summed E-state index contributed by atoms with van der Waals surface area (Å²) in [7, 11) is 1.54. The van der Waals surface area contributed by atoms with Crippen molar-refractivity contribution in [1.82, 2.24) is 14.5 Å². The predicted molar refractivity (Wildman–Crippen MR) is 154 cm³/mol. The number of nitrogens with zero attached hydrogens (tertiary/aromatic N) is 2. The number of nitrogens with one attached hydrogen (secondary N) is 2. The number of rotatable bonds is 10. The van der Waals surface area contributed by atoms with Crippen molar-refractivity contribution >= 4 is 28.4 Å². The summed E-state index contributed by atoms with van der Waals surface area (Å²) in [6.07, 6.45) is 2.10. The van der Waals surface area contributed by atoms with Crippen LogP contribution in [0.4, 0.5) is 5.69 Å². The SMILES string of the molecule is COc1ccc(NC(=O)Cn2c(=O)n(Cc3ccco3)c(=O)c3ccc(C(=O)NCCc4ccccc4)cc32)cc1. The summed E-state index contributed by atoms with van der Waals surface area (Å²) >= 11 is 0. The Labute approximate surface area is 234 Å². The van der Waals surface area contributed by atoms with E-state index in [1.807, 2.05) is 30.3 Å². The van der Waals surface area contributed by atoms with E-state index in [4.69, 9.17) is 9.15 Å². The molecule has 0 spiro atoms. The van der Waals surface area contributed by atoms with E-state index in [1.165, 1.54) is 29.0 Å². The molecule has 2 N–H and O–H groups in total. The molecule has 2 amide bonds. The maximum atomic E-state index is 13.6. The first-order chi connectivity index (χ1) is 19.9. The fourth-order valence-corrected chi connectivity index (χ4v) is 4.49. The third kappa shape index (κ3) is 6.27. The molecule has 0 aliphatic carbocycles. The smallest absolute Gasteiger partial charge is 0.332 e. The first-order valence-corrected chi connectivity index (χ1v) is 13.0. The van der Waals surface area contributed by atoms with Crippen molar-refractivity contribution in [2.24, 2.45) is 0 Å². The molecule has 0 unspecified atom stereocenters. The quantitative estimate of drug-likeness (QED) is 0.274. The van der Waals surface area contributed by atoms with Crippen LogP contribution < -0.4 is 26.6 Å². The van der Waals surface area contributed by atoms with Crippen LogP contribution in [0, 0.1) is 0 Å². The Morgan fingerprint density at radius 2 is 1.68 bits per heavy atom. The van der Waals surface area contributed by atoms with Gasteiger partial charge < -0.3 is 19.8 Å². The van der Waals surface area contributed by atoms with Crippen LogP contribution in [0.15, 0.2) is 105 Å². The molecule has 0 saturated heterocycles. The van der Waals surface area contributed by atoms with Crippen LogP contribution in [0.5, 0.6) is 5.75 Å². The topological polar surface area (TPSA) is 125 Å². The third-order valence-corrected chi connectivity index (χ3v) is 6.60. The summed E-state index contributed by atoms with van der Waals surface area (Å²) in [6, 6.07) is 24.3. The second kappa shape index (κ2) is 12.2. The van der Waals surface area contributed by atoms with E-state index in [-0.39, 0.29) is 28.9 Å². The van der Waals surface area contributed by atoms with E-state index in [1.54, 1.807) is 43.5 Å². The van der Waals surface area contributed by atoms with Gasteiger partial charge in [-0.2, -0.15) is 0 Å². The monoisotopic (exact) mass is 552 g/mol. The first-order valence-electron chi connectivity index (χ1n) is 13.0. The van der Waals surface area contributed by atoms with Crippen LogP contribution in [0.25, 0.3) is 10.9 Å². The average molecular weight is 553 g/mol. The van der Waals surface area contributed by atoms with Crippen LogP contribution in [0.1, 0.15) is 21.7 Å². The van der Waals surface area contributed by atoms with Crippen molar-refractivity contribution in [2.75, 3.05) is 19.0 Å². The maximum Gasteiger partial charge on any atom is 0.332 e. The Morgan fingerprint density at radius 1 is 0.902 bits per heavy atom. The van der Waals surface area contributed by atoms with Crippen LogP contribution in [-0.2, 0) is 24.3 Å². The second-order valence-corrected chi connectivity index (χ2v) is 9.34. The minimum absolute atomic E-state index is 0.109. The van der Waals surface area contributed by atoms with Crippen LogP contribution in [0.2, 0.25) is 0 Å². The van der Waals surface area contributed by atoms with Crippen molar-refractivity contribution in [1.29, 1.82) is 0 Å². The summed E-state index contributed by atoms with van der Waals surface area (Å²) in [5, 5.41) is 5.82. The van der Waals surface area contributed by atoms with Crippen molar-refractivity contribution in [3.63, 3.8) is 0 Å². The molecular weight excluding hydrogens is 524 g/mol. The molecule has 0 bridgehead atoms. The maximum absolute atomic E-state index is 13.6. The molecule has 2 aromatic heterocycles. The van der Waals surface area contributed by atoms with Gasteiger partial charge in [-0.3, -0.25) is 23.5 Å². The number of furan rings is 1. The summed E-state index contributed by atoms with van der Waals surface area (Å²) in [6.45, 7) is -0.0932. The lowest BCUT2D eigenvalue weighted by Crippen LogP contribution is -2.42.